The highest BCUT2D eigenvalue weighted by molar-refractivity contribution is 6.30. The van der Waals surface area contributed by atoms with Crippen LogP contribution in [0.2, 0.25) is 5.02 Å². The molecule has 6 heteroatoms. The van der Waals surface area contributed by atoms with Crippen molar-refractivity contribution in [1.82, 2.24) is 15.1 Å². The van der Waals surface area contributed by atoms with Gasteiger partial charge in [0.25, 0.3) is 0 Å². The fraction of sp³-hybridized carbons (Fsp3) is 0.348. The normalized spacial score (nSPS) is 17.4. The van der Waals surface area contributed by atoms with Crippen molar-refractivity contribution in [3.8, 4) is 22.6 Å². The maximum Gasteiger partial charge on any atom is 0.162 e. The van der Waals surface area contributed by atoms with Crippen molar-refractivity contribution in [2.45, 2.75) is 32.2 Å². The summed E-state index contributed by atoms with van der Waals surface area (Å²) >= 11 is 6.04. The van der Waals surface area contributed by atoms with Crippen molar-refractivity contribution in [2.75, 3.05) is 19.7 Å². The number of H-pyrrole nitrogens is 1. The van der Waals surface area contributed by atoms with E-state index in [-0.39, 0.29) is 5.75 Å². The number of phenols is 1. The number of piperidine rings is 1. The Hall–Kier alpha value is -2.50. The molecule has 1 aromatic heterocycles. The third-order valence-corrected chi connectivity index (χ3v) is 5.77. The van der Waals surface area contributed by atoms with Crippen LogP contribution >= 0.6 is 11.6 Å². The zero-order valence-electron chi connectivity index (χ0n) is 16.6. The summed E-state index contributed by atoms with van der Waals surface area (Å²) in [4.78, 5) is 2.39. The fourth-order valence-electron chi connectivity index (χ4n) is 4.11. The number of benzene rings is 2. The Labute approximate surface area is 176 Å². The van der Waals surface area contributed by atoms with Crippen LogP contribution in [0.3, 0.4) is 0 Å². The topological polar surface area (TPSA) is 61.4 Å². The van der Waals surface area contributed by atoms with Crippen LogP contribution in [-0.4, -0.2) is 39.9 Å². The van der Waals surface area contributed by atoms with E-state index in [2.05, 4.69) is 15.1 Å². The van der Waals surface area contributed by atoms with E-state index >= 15 is 0 Å². The Bertz CT molecular complexity index is 955. The Morgan fingerprint density at radius 3 is 2.86 bits per heavy atom. The molecular weight excluding hydrogens is 386 g/mol. The second-order valence-electron chi connectivity index (χ2n) is 7.48. The molecular formula is C23H26ClN3O2. The maximum atomic E-state index is 10.5. The number of hydrogen-bond acceptors (Lipinski definition) is 4. The van der Waals surface area contributed by atoms with E-state index in [0.29, 0.717) is 24.8 Å². The largest absolute Gasteiger partial charge is 0.504 e. The first-order chi connectivity index (χ1) is 14.2. The highest BCUT2D eigenvalue weighted by Crippen LogP contribution is 2.35. The summed E-state index contributed by atoms with van der Waals surface area (Å²) in [6.07, 6.45) is 4.12. The van der Waals surface area contributed by atoms with Gasteiger partial charge in [0.2, 0.25) is 0 Å². The summed E-state index contributed by atoms with van der Waals surface area (Å²) in [7, 11) is 0. The summed E-state index contributed by atoms with van der Waals surface area (Å²) in [5.41, 5.74) is 4.33. The molecule has 2 heterocycles. The first-order valence-electron chi connectivity index (χ1n) is 10.1. The Morgan fingerprint density at radius 1 is 1.24 bits per heavy atom. The van der Waals surface area contributed by atoms with Crippen molar-refractivity contribution in [1.29, 1.82) is 0 Å². The number of aromatic hydroxyl groups is 1. The second-order valence-corrected chi connectivity index (χ2v) is 7.91. The molecule has 1 aliphatic heterocycles. The van der Waals surface area contributed by atoms with Crippen molar-refractivity contribution in [3.05, 3.63) is 64.9 Å². The molecule has 5 nitrogen and oxygen atoms in total. The molecule has 1 aliphatic rings. The molecule has 0 radical (unpaired) electrons. The van der Waals surface area contributed by atoms with E-state index in [1.54, 1.807) is 0 Å². The molecule has 0 saturated carbocycles. The predicted octanol–water partition coefficient (Wildman–Crippen LogP) is 5.21. The van der Waals surface area contributed by atoms with E-state index in [4.69, 9.17) is 16.3 Å². The second kappa shape index (κ2) is 8.89. The summed E-state index contributed by atoms with van der Waals surface area (Å²) < 4.78 is 5.53. The van der Waals surface area contributed by atoms with E-state index < -0.39 is 0 Å². The van der Waals surface area contributed by atoms with Gasteiger partial charge in [-0.05, 0) is 50.1 Å². The summed E-state index contributed by atoms with van der Waals surface area (Å²) in [5, 5.41) is 18.8. The molecule has 4 rings (SSSR count). The lowest BCUT2D eigenvalue weighted by molar-refractivity contribution is 0.196. The molecule has 0 amide bonds. The number of aromatic amines is 1. The average molecular weight is 412 g/mol. The highest BCUT2D eigenvalue weighted by atomic mass is 35.5. The molecule has 0 aliphatic carbocycles. The minimum atomic E-state index is 0.250. The lowest BCUT2D eigenvalue weighted by atomic mass is 9.90. The van der Waals surface area contributed by atoms with Crippen LogP contribution in [0.25, 0.3) is 11.1 Å². The van der Waals surface area contributed by atoms with Gasteiger partial charge < -0.3 is 9.84 Å². The predicted molar refractivity (Wildman–Crippen MR) is 116 cm³/mol. The van der Waals surface area contributed by atoms with Crippen molar-refractivity contribution >= 4 is 11.6 Å². The number of likely N-dealkylation sites (tertiary alicyclic amines) is 1. The van der Waals surface area contributed by atoms with Crippen LogP contribution in [-0.2, 0) is 6.54 Å². The number of ether oxygens (including phenoxy) is 1. The minimum absolute atomic E-state index is 0.250. The van der Waals surface area contributed by atoms with Crippen LogP contribution in [0, 0.1) is 0 Å². The molecule has 2 aromatic carbocycles. The number of rotatable bonds is 6. The van der Waals surface area contributed by atoms with Gasteiger partial charge in [0.15, 0.2) is 11.5 Å². The minimum Gasteiger partial charge on any atom is -0.504 e. The monoisotopic (exact) mass is 411 g/mol. The van der Waals surface area contributed by atoms with Crippen LogP contribution < -0.4 is 4.74 Å². The van der Waals surface area contributed by atoms with Gasteiger partial charge in [-0.3, -0.25) is 10.00 Å². The summed E-state index contributed by atoms with van der Waals surface area (Å²) in [6, 6.07) is 13.6. The number of halogens is 1. The molecule has 152 valence electrons. The number of hydrogen-bond donors (Lipinski definition) is 2. The molecule has 1 fully saturated rings. The van der Waals surface area contributed by atoms with Crippen molar-refractivity contribution < 1.29 is 9.84 Å². The zero-order valence-corrected chi connectivity index (χ0v) is 17.3. The van der Waals surface area contributed by atoms with Gasteiger partial charge in [0.05, 0.1) is 12.8 Å². The maximum absolute atomic E-state index is 10.5. The third kappa shape index (κ3) is 4.41. The lowest BCUT2D eigenvalue weighted by Crippen LogP contribution is -2.34. The van der Waals surface area contributed by atoms with Gasteiger partial charge in [-0.2, -0.15) is 5.10 Å². The molecule has 29 heavy (non-hydrogen) atoms. The van der Waals surface area contributed by atoms with Gasteiger partial charge in [0.1, 0.15) is 0 Å². The Morgan fingerprint density at radius 2 is 2.07 bits per heavy atom. The Balaban J connectivity index is 1.51. The third-order valence-electron chi connectivity index (χ3n) is 5.51. The smallest absolute Gasteiger partial charge is 0.162 e. The van der Waals surface area contributed by atoms with Crippen molar-refractivity contribution in [2.24, 2.45) is 0 Å². The standard InChI is InChI=1S/C23H26ClN3O2/c1-2-29-21-7-3-5-18(23(21)28)15-27-12-4-6-17(14-27)22-20(13-25-26-22)16-8-10-19(24)11-9-16/h3,5,7-11,13,17,28H,2,4,6,12,14-15H2,1H3,(H,25,26)/t17-/m0/s1. The van der Waals surface area contributed by atoms with Gasteiger partial charge in [-0.1, -0.05) is 35.9 Å². The molecule has 1 atom stereocenters. The average Bonchev–Trinajstić information content (AvgIpc) is 3.22. The molecule has 0 unspecified atom stereocenters. The Kier molecular flexibility index (Phi) is 6.07. The van der Waals surface area contributed by atoms with E-state index in [0.717, 1.165) is 47.6 Å². The number of phenolic OH excluding ortho intramolecular Hbond substituents is 1. The molecule has 0 bridgehead atoms. The van der Waals surface area contributed by atoms with Crippen LogP contribution in [0.1, 0.15) is 36.9 Å². The van der Waals surface area contributed by atoms with Gasteiger partial charge >= 0.3 is 0 Å². The quantitative estimate of drug-likeness (QED) is 0.584. The molecule has 0 spiro atoms. The number of nitrogens with one attached hydrogen (secondary N) is 1. The zero-order chi connectivity index (χ0) is 20.2. The van der Waals surface area contributed by atoms with E-state index in [1.165, 1.54) is 5.69 Å². The van der Waals surface area contributed by atoms with Gasteiger partial charge in [-0.15, -0.1) is 0 Å². The number of para-hydroxylation sites is 1. The number of nitrogens with zero attached hydrogens (tertiary/aromatic N) is 2. The van der Waals surface area contributed by atoms with E-state index in [9.17, 15) is 5.11 Å². The van der Waals surface area contributed by atoms with Crippen molar-refractivity contribution in [3.63, 3.8) is 0 Å². The first kappa shape index (κ1) is 19.8. The number of aromatic nitrogens is 2. The lowest BCUT2D eigenvalue weighted by Gasteiger charge is -2.33. The first-order valence-corrected chi connectivity index (χ1v) is 10.5. The SMILES string of the molecule is CCOc1cccc(CN2CCC[C@H](c3[nH]ncc3-c3ccc(Cl)cc3)C2)c1O. The molecule has 2 N–H and O–H groups in total. The van der Waals surface area contributed by atoms with Crippen LogP contribution in [0.15, 0.2) is 48.7 Å². The molecule has 1 saturated heterocycles. The summed E-state index contributed by atoms with van der Waals surface area (Å²) in [6.45, 7) is 5.09. The summed E-state index contributed by atoms with van der Waals surface area (Å²) in [5.74, 6) is 1.17. The fourth-order valence-corrected chi connectivity index (χ4v) is 4.24. The van der Waals surface area contributed by atoms with Gasteiger partial charge in [-0.25, -0.2) is 0 Å². The molecule has 3 aromatic rings. The van der Waals surface area contributed by atoms with Gasteiger partial charge in [0, 0.05) is 40.9 Å². The van der Waals surface area contributed by atoms with Crippen LogP contribution in [0.5, 0.6) is 11.5 Å². The highest BCUT2D eigenvalue weighted by Gasteiger charge is 2.26. The van der Waals surface area contributed by atoms with Crippen LogP contribution in [0.4, 0.5) is 0 Å². The van der Waals surface area contributed by atoms with E-state index in [1.807, 2.05) is 55.6 Å².